The highest BCUT2D eigenvalue weighted by molar-refractivity contribution is 6.02. The molecule has 1 fully saturated rings. The van der Waals surface area contributed by atoms with Crippen LogP contribution >= 0.6 is 0 Å². The fraction of sp³-hybridized carbons (Fsp3) is 0.600. The van der Waals surface area contributed by atoms with E-state index in [9.17, 15) is 9.59 Å². The third kappa shape index (κ3) is 11.3. The molecule has 0 aliphatic carbocycles. The lowest BCUT2D eigenvalue weighted by molar-refractivity contribution is -0.116. The van der Waals surface area contributed by atoms with Crippen LogP contribution in [0, 0.1) is 11.8 Å². The molecule has 1 aliphatic rings. The Morgan fingerprint density at radius 1 is 0.875 bits per heavy atom. The largest absolute Gasteiger partial charge is 0.371 e. The molecule has 0 saturated carbocycles. The SMILES string of the molecule is CCCCCCCCCCCC(=O)Nc1ccc(N2CCC(Cc3ccccc3)CC2)c(C(=O)NCC(C)C)c1. The summed E-state index contributed by atoms with van der Waals surface area (Å²) in [5, 5.41) is 6.15. The number of carbonyl (C=O) groups is 2. The van der Waals surface area contributed by atoms with Crippen molar-refractivity contribution in [1.29, 1.82) is 0 Å². The first-order valence-electron chi connectivity index (χ1n) is 16.0. The number of nitrogens with one attached hydrogen (secondary N) is 2. The lowest BCUT2D eigenvalue weighted by atomic mass is 9.89. The van der Waals surface area contributed by atoms with Gasteiger partial charge in [0, 0.05) is 37.4 Å². The second-order valence-electron chi connectivity index (χ2n) is 12.1. The van der Waals surface area contributed by atoms with Crippen LogP contribution in [0.25, 0.3) is 0 Å². The van der Waals surface area contributed by atoms with E-state index in [0.717, 1.165) is 50.9 Å². The molecule has 220 valence electrons. The zero-order chi connectivity index (χ0) is 28.6. The first-order chi connectivity index (χ1) is 19.5. The lowest BCUT2D eigenvalue weighted by Crippen LogP contribution is -2.36. The van der Waals surface area contributed by atoms with Gasteiger partial charge in [0.25, 0.3) is 5.91 Å². The zero-order valence-electron chi connectivity index (χ0n) is 25.4. The van der Waals surface area contributed by atoms with Crippen molar-refractivity contribution in [2.75, 3.05) is 29.9 Å². The standard InChI is InChI=1S/C35H53N3O2/c1-4-5-6-7-8-9-10-11-15-18-34(39)37-31-19-20-33(32(26-31)35(40)36-27-28(2)3)38-23-21-30(22-24-38)25-29-16-13-12-14-17-29/h12-14,16-17,19-20,26,28,30H,4-11,15,18,21-25,27H2,1-3H3,(H,36,40)(H,37,39). The first kappa shape index (κ1) is 31.7. The Morgan fingerprint density at radius 2 is 1.52 bits per heavy atom. The Morgan fingerprint density at radius 3 is 2.17 bits per heavy atom. The molecule has 5 heteroatoms. The van der Waals surface area contributed by atoms with Crippen LogP contribution in [0.3, 0.4) is 0 Å². The van der Waals surface area contributed by atoms with Crippen molar-refractivity contribution in [1.82, 2.24) is 5.32 Å². The van der Waals surface area contributed by atoms with Gasteiger partial charge >= 0.3 is 0 Å². The minimum atomic E-state index is -0.0647. The maximum Gasteiger partial charge on any atom is 0.253 e. The quantitative estimate of drug-likeness (QED) is 0.196. The number of rotatable bonds is 17. The molecule has 1 aliphatic heterocycles. The minimum absolute atomic E-state index is 0.0333. The van der Waals surface area contributed by atoms with Gasteiger partial charge in [-0.3, -0.25) is 9.59 Å². The van der Waals surface area contributed by atoms with Gasteiger partial charge < -0.3 is 15.5 Å². The van der Waals surface area contributed by atoms with Gasteiger partial charge in [0.1, 0.15) is 0 Å². The Kier molecular flexibility index (Phi) is 14.1. The van der Waals surface area contributed by atoms with Gasteiger partial charge in [0.05, 0.1) is 5.56 Å². The van der Waals surface area contributed by atoms with Crippen molar-refractivity contribution in [2.45, 2.75) is 104 Å². The summed E-state index contributed by atoms with van der Waals surface area (Å²) in [4.78, 5) is 28.3. The van der Waals surface area contributed by atoms with E-state index in [1.54, 1.807) is 0 Å². The highest BCUT2D eigenvalue weighted by atomic mass is 16.2. The number of nitrogens with zero attached hydrogens (tertiary/aromatic N) is 1. The van der Waals surface area contributed by atoms with Crippen molar-refractivity contribution in [3.05, 3.63) is 59.7 Å². The van der Waals surface area contributed by atoms with Gasteiger partial charge in [-0.15, -0.1) is 0 Å². The summed E-state index contributed by atoms with van der Waals surface area (Å²) < 4.78 is 0. The summed E-state index contributed by atoms with van der Waals surface area (Å²) in [6.45, 7) is 8.95. The number of carbonyl (C=O) groups excluding carboxylic acids is 2. The van der Waals surface area contributed by atoms with E-state index in [1.807, 2.05) is 18.2 Å². The van der Waals surface area contributed by atoms with Crippen LogP contribution in [0.15, 0.2) is 48.5 Å². The zero-order valence-corrected chi connectivity index (χ0v) is 25.4. The first-order valence-corrected chi connectivity index (χ1v) is 16.0. The average molecular weight is 548 g/mol. The molecule has 3 rings (SSSR count). The molecule has 0 radical (unpaired) electrons. The molecule has 2 N–H and O–H groups in total. The fourth-order valence-corrected chi connectivity index (χ4v) is 5.61. The topological polar surface area (TPSA) is 61.4 Å². The number of unbranched alkanes of at least 4 members (excludes halogenated alkanes) is 8. The van der Waals surface area contributed by atoms with Gasteiger partial charge in [0.15, 0.2) is 0 Å². The lowest BCUT2D eigenvalue weighted by Gasteiger charge is -2.35. The summed E-state index contributed by atoms with van der Waals surface area (Å²) in [5.41, 5.74) is 3.73. The average Bonchev–Trinajstić information content (AvgIpc) is 2.96. The van der Waals surface area contributed by atoms with E-state index >= 15 is 0 Å². The Bertz CT molecular complexity index is 1010. The van der Waals surface area contributed by atoms with Gasteiger partial charge in [0.2, 0.25) is 5.91 Å². The Hall–Kier alpha value is -2.82. The van der Waals surface area contributed by atoms with E-state index in [-0.39, 0.29) is 11.8 Å². The third-order valence-electron chi connectivity index (χ3n) is 8.03. The van der Waals surface area contributed by atoms with E-state index in [4.69, 9.17) is 0 Å². The molecule has 0 aromatic heterocycles. The van der Waals surface area contributed by atoms with E-state index in [0.29, 0.717) is 36.1 Å². The van der Waals surface area contributed by atoms with Crippen molar-refractivity contribution >= 4 is 23.2 Å². The number of hydrogen-bond acceptors (Lipinski definition) is 3. The fourth-order valence-electron chi connectivity index (χ4n) is 5.61. The Labute approximate surface area is 243 Å². The second kappa shape index (κ2) is 17.8. The van der Waals surface area contributed by atoms with Crippen LogP contribution in [0.2, 0.25) is 0 Å². The number of amides is 2. The number of benzene rings is 2. The third-order valence-corrected chi connectivity index (χ3v) is 8.03. The smallest absolute Gasteiger partial charge is 0.253 e. The number of piperidine rings is 1. The molecule has 0 atom stereocenters. The molecule has 0 bridgehead atoms. The molecule has 2 aromatic carbocycles. The van der Waals surface area contributed by atoms with Crippen LogP contribution in [0.4, 0.5) is 11.4 Å². The van der Waals surface area contributed by atoms with E-state index in [1.165, 1.54) is 50.5 Å². The molecule has 0 spiro atoms. The van der Waals surface area contributed by atoms with Gasteiger partial charge in [-0.25, -0.2) is 0 Å². The summed E-state index contributed by atoms with van der Waals surface area (Å²) in [5.74, 6) is 1.01. The summed E-state index contributed by atoms with van der Waals surface area (Å²) in [6, 6.07) is 16.6. The van der Waals surface area contributed by atoms with Crippen LogP contribution in [-0.4, -0.2) is 31.4 Å². The molecular formula is C35H53N3O2. The van der Waals surface area contributed by atoms with Crippen molar-refractivity contribution in [3.8, 4) is 0 Å². The molecular weight excluding hydrogens is 494 g/mol. The van der Waals surface area contributed by atoms with Gasteiger partial charge in [-0.1, -0.05) is 102 Å². The van der Waals surface area contributed by atoms with E-state index < -0.39 is 0 Å². The van der Waals surface area contributed by atoms with Crippen molar-refractivity contribution in [2.24, 2.45) is 11.8 Å². The predicted molar refractivity (Wildman–Crippen MR) is 169 cm³/mol. The van der Waals surface area contributed by atoms with Crippen molar-refractivity contribution < 1.29 is 9.59 Å². The molecule has 1 heterocycles. The molecule has 1 saturated heterocycles. The van der Waals surface area contributed by atoms with Crippen LogP contribution in [-0.2, 0) is 11.2 Å². The van der Waals surface area contributed by atoms with Gasteiger partial charge in [-0.2, -0.15) is 0 Å². The van der Waals surface area contributed by atoms with Crippen LogP contribution in [0.5, 0.6) is 0 Å². The summed E-state index contributed by atoms with van der Waals surface area (Å²) in [7, 11) is 0. The summed E-state index contributed by atoms with van der Waals surface area (Å²) in [6.07, 6.45) is 15.0. The highest BCUT2D eigenvalue weighted by Crippen LogP contribution is 2.30. The second-order valence-corrected chi connectivity index (χ2v) is 12.1. The van der Waals surface area contributed by atoms with Crippen LogP contribution in [0.1, 0.15) is 114 Å². The highest BCUT2D eigenvalue weighted by Gasteiger charge is 2.24. The Balaban J connectivity index is 1.53. The van der Waals surface area contributed by atoms with Crippen LogP contribution < -0.4 is 15.5 Å². The number of hydrogen-bond donors (Lipinski definition) is 2. The maximum atomic E-state index is 13.3. The maximum absolute atomic E-state index is 13.3. The van der Waals surface area contributed by atoms with Crippen molar-refractivity contribution in [3.63, 3.8) is 0 Å². The molecule has 2 aromatic rings. The number of anilines is 2. The summed E-state index contributed by atoms with van der Waals surface area (Å²) >= 11 is 0. The van der Waals surface area contributed by atoms with Gasteiger partial charge in [-0.05, 0) is 61.3 Å². The molecule has 40 heavy (non-hydrogen) atoms. The molecule has 0 unspecified atom stereocenters. The van der Waals surface area contributed by atoms with E-state index in [2.05, 4.69) is 66.6 Å². The normalized spacial score (nSPS) is 13.9. The molecule has 2 amide bonds. The predicted octanol–water partition coefficient (Wildman–Crippen LogP) is 8.39. The molecule has 5 nitrogen and oxygen atoms in total. The minimum Gasteiger partial charge on any atom is -0.371 e. The monoisotopic (exact) mass is 547 g/mol.